The molecular weight excluding hydrogens is 458 g/mol. The fourth-order valence-electron chi connectivity index (χ4n) is 3.84. The number of carbonyl (C=O) groups excluding carboxylic acids is 2. The minimum absolute atomic E-state index is 0.123. The van der Waals surface area contributed by atoms with E-state index in [9.17, 15) is 9.59 Å². The number of fused-ring (bicyclic) bond motifs is 1. The lowest BCUT2D eigenvalue weighted by Gasteiger charge is -2.19. The molecule has 0 unspecified atom stereocenters. The van der Waals surface area contributed by atoms with Gasteiger partial charge in [0.2, 0.25) is 0 Å². The number of nitrogens with zero attached hydrogens (tertiary/aromatic N) is 1. The highest BCUT2D eigenvalue weighted by atomic mass is 16.6. The molecular formula is C28H37N3O5. The van der Waals surface area contributed by atoms with Crippen molar-refractivity contribution in [1.82, 2.24) is 9.88 Å². The maximum Gasteiger partial charge on any atom is 0.326 e. The van der Waals surface area contributed by atoms with Crippen molar-refractivity contribution in [2.45, 2.75) is 65.6 Å². The van der Waals surface area contributed by atoms with Crippen LogP contribution in [0.3, 0.4) is 0 Å². The first kappa shape index (κ1) is 26.9. The number of nitrogens with one attached hydrogen (secondary N) is 2. The second kappa shape index (κ2) is 12.3. The molecule has 0 aliphatic carbocycles. The smallest absolute Gasteiger partial charge is 0.326 e. The zero-order chi connectivity index (χ0) is 26.1. The summed E-state index contributed by atoms with van der Waals surface area (Å²) in [4.78, 5) is 24.9. The van der Waals surface area contributed by atoms with Gasteiger partial charge in [-0.25, -0.2) is 4.79 Å². The monoisotopic (exact) mass is 495 g/mol. The quantitative estimate of drug-likeness (QED) is 0.256. The number of unbranched alkanes of at least 4 members (excludes halogenated alkanes) is 2. The van der Waals surface area contributed by atoms with Crippen molar-refractivity contribution in [3.63, 3.8) is 0 Å². The lowest BCUT2D eigenvalue weighted by molar-refractivity contribution is -0.155. The van der Waals surface area contributed by atoms with E-state index in [4.69, 9.17) is 14.2 Å². The van der Waals surface area contributed by atoms with Crippen LogP contribution in [0.15, 0.2) is 48.7 Å². The Labute approximate surface area is 212 Å². The predicted octanol–water partition coefficient (Wildman–Crippen LogP) is 5.88. The number of benzene rings is 2. The van der Waals surface area contributed by atoms with E-state index in [-0.39, 0.29) is 18.5 Å². The Morgan fingerprint density at radius 2 is 1.83 bits per heavy atom. The molecule has 1 aromatic heterocycles. The van der Waals surface area contributed by atoms with E-state index in [0.29, 0.717) is 30.3 Å². The zero-order valence-corrected chi connectivity index (χ0v) is 21.8. The van der Waals surface area contributed by atoms with Crippen LogP contribution >= 0.6 is 0 Å². The number of anilines is 1. The van der Waals surface area contributed by atoms with Gasteiger partial charge < -0.3 is 29.4 Å². The summed E-state index contributed by atoms with van der Waals surface area (Å²) in [7, 11) is 1.59. The summed E-state index contributed by atoms with van der Waals surface area (Å²) in [6.07, 6.45) is 5.03. The summed E-state index contributed by atoms with van der Waals surface area (Å²) in [5.41, 5.74) is 1.93. The second-order valence-corrected chi connectivity index (χ2v) is 9.61. The molecule has 3 aromatic rings. The molecule has 0 aliphatic heterocycles. The number of rotatable bonds is 11. The minimum Gasteiger partial charge on any atom is -0.493 e. The first-order chi connectivity index (χ1) is 17.2. The van der Waals surface area contributed by atoms with Gasteiger partial charge in [-0.3, -0.25) is 4.79 Å². The summed E-state index contributed by atoms with van der Waals surface area (Å²) < 4.78 is 18.5. The number of hydrogen-bond donors (Lipinski definition) is 2. The molecule has 194 valence electrons. The Hall–Kier alpha value is -3.68. The van der Waals surface area contributed by atoms with Crippen LogP contribution in [0.4, 0.5) is 10.5 Å². The first-order valence-electron chi connectivity index (χ1n) is 12.3. The normalized spacial score (nSPS) is 11.2. The van der Waals surface area contributed by atoms with E-state index in [1.165, 1.54) is 0 Å². The molecule has 2 amide bonds. The lowest BCUT2D eigenvalue weighted by atomic mass is 10.1. The van der Waals surface area contributed by atoms with Crippen molar-refractivity contribution in [3.8, 4) is 11.5 Å². The van der Waals surface area contributed by atoms with Crippen molar-refractivity contribution < 1.29 is 23.8 Å². The number of urea groups is 1. The Kier molecular flexibility index (Phi) is 9.22. The van der Waals surface area contributed by atoms with E-state index in [1.807, 2.05) is 55.8 Å². The van der Waals surface area contributed by atoms with Gasteiger partial charge in [-0.15, -0.1) is 0 Å². The highest BCUT2D eigenvalue weighted by Gasteiger charge is 2.17. The molecule has 0 saturated heterocycles. The maximum atomic E-state index is 12.6. The highest BCUT2D eigenvalue weighted by Crippen LogP contribution is 2.30. The van der Waals surface area contributed by atoms with Gasteiger partial charge in [-0.1, -0.05) is 31.9 Å². The van der Waals surface area contributed by atoms with Crippen LogP contribution in [0, 0.1) is 0 Å². The second-order valence-electron chi connectivity index (χ2n) is 9.61. The highest BCUT2D eigenvalue weighted by molar-refractivity contribution is 5.90. The summed E-state index contributed by atoms with van der Waals surface area (Å²) in [6.45, 7) is 8.73. The van der Waals surface area contributed by atoms with E-state index in [2.05, 4.69) is 17.6 Å². The van der Waals surface area contributed by atoms with Crippen LogP contribution in [0.2, 0.25) is 0 Å². The molecule has 8 nitrogen and oxygen atoms in total. The minimum atomic E-state index is -0.533. The number of aromatic nitrogens is 1. The Morgan fingerprint density at radius 3 is 2.56 bits per heavy atom. The first-order valence-corrected chi connectivity index (χ1v) is 12.3. The van der Waals surface area contributed by atoms with E-state index in [1.54, 1.807) is 25.3 Å². The molecule has 0 bridgehead atoms. The van der Waals surface area contributed by atoms with Gasteiger partial charge in [-0.2, -0.15) is 0 Å². The number of carbonyl (C=O) groups is 2. The Morgan fingerprint density at radius 1 is 1.03 bits per heavy atom. The van der Waals surface area contributed by atoms with Crippen molar-refractivity contribution in [3.05, 3.63) is 54.2 Å². The van der Waals surface area contributed by atoms with Gasteiger partial charge in [0.15, 0.2) is 11.5 Å². The number of amides is 2. The third kappa shape index (κ3) is 7.66. The lowest BCUT2D eigenvalue weighted by Crippen LogP contribution is -2.28. The maximum absolute atomic E-state index is 12.6. The largest absolute Gasteiger partial charge is 0.493 e. The molecule has 8 heteroatoms. The molecule has 0 aliphatic rings. The average molecular weight is 496 g/mol. The van der Waals surface area contributed by atoms with Crippen LogP contribution in [0.1, 0.15) is 52.5 Å². The van der Waals surface area contributed by atoms with Gasteiger partial charge in [0.25, 0.3) is 0 Å². The molecule has 2 N–H and O–H groups in total. The third-order valence-corrected chi connectivity index (χ3v) is 5.49. The summed E-state index contributed by atoms with van der Waals surface area (Å²) in [6, 6.07) is 12.7. The molecule has 0 fully saturated rings. The molecule has 3 rings (SSSR count). The topological polar surface area (TPSA) is 90.8 Å². The Bertz CT molecular complexity index is 1180. The summed E-state index contributed by atoms with van der Waals surface area (Å²) in [5, 5.41) is 6.73. The number of methoxy groups -OCH3 is 1. The van der Waals surface area contributed by atoms with Gasteiger partial charge in [0.05, 0.1) is 13.7 Å². The molecule has 2 aromatic carbocycles. The molecule has 0 saturated carbocycles. The fraction of sp³-hybridized carbons (Fsp3) is 0.429. The van der Waals surface area contributed by atoms with E-state index < -0.39 is 5.60 Å². The zero-order valence-electron chi connectivity index (χ0n) is 21.8. The summed E-state index contributed by atoms with van der Waals surface area (Å²) >= 11 is 0. The van der Waals surface area contributed by atoms with Crippen LogP contribution < -0.4 is 20.1 Å². The number of esters is 1. The third-order valence-electron chi connectivity index (χ3n) is 5.49. The van der Waals surface area contributed by atoms with Gasteiger partial charge in [0.1, 0.15) is 12.1 Å². The van der Waals surface area contributed by atoms with Crippen molar-refractivity contribution in [2.75, 3.05) is 19.0 Å². The number of ether oxygens (including phenoxy) is 3. The fourth-order valence-corrected chi connectivity index (χ4v) is 3.84. The van der Waals surface area contributed by atoms with Crippen LogP contribution in [-0.4, -0.2) is 35.9 Å². The van der Waals surface area contributed by atoms with Gasteiger partial charge in [-0.05, 0) is 57.0 Å². The van der Waals surface area contributed by atoms with Crippen LogP contribution in [0.25, 0.3) is 10.9 Å². The number of hydrogen-bond acceptors (Lipinski definition) is 5. The average Bonchev–Trinajstić information content (AvgIpc) is 3.22. The molecule has 36 heavy (non-hydrogen) atoms. The van der Waals surface area contributed by atoms with Crippen LogP contribution in [0.5, 0.6) is 11.5 Å². The molecule has 0 spiro atoms. The van der Waals surface area contributed by atoms with Crippen molar-refractivity contribution >= 4 is 28.6 Å². The predicted molar refractivity (Wildman–Crippen MR) is 142 cm³/mol. The van der Waals surface area contributed by atoms with Crippen molar-refractivity contribution in [2.24, 2.45) is 0 Å². The van der Waals surface area contributed by atoms with E-state index >= 15 is 0 Å². The SMILES string of the molecule is CCCCCOc1cc(NC(=O)NCc2cccc3c2ccn3CC(=O)OC(C)(C)C)ccc1OC. The standard InChI is InChI=1S/C28H37N3O5/c1-6-7-8-16-35-25-17-21(12-13-24(25)34-5)30-27(33)29-18-20-10-9-11-23-22(20)14-15-31(23)19-26(32)36-28(2,3)4/h9-15,17H,6-8,16,18-19H2,1-5H3,(H2,29,30,33). The van der Waals surface area contributed by atoms with Gasteiger partial charge >= 0.3 is 12.0 Å². The molecule has 0 radical (unpaired) electrons. The van der Waals surface area contributed by atoms with E-state index in [0.717, 1.165) is 35.7 Å². The Balaban J connectivity index is 1.62. The summed E-state index contributed by atoms with van der Waals surface area (Å²) in [5.74, 6) is 0.929. The molecule has 1 heterocycles. The van der Waals surface area contributed by atoms with Crippen LogP contribution in [-0.2, 0) is 22.6 Å². The molecule has 0 atom stereocenters. The van der Waals surface area contributed by atoms with Crippen molar-refractivity contribution in [1.29, 1.82) is 0 Å². The van der Waals surface area contributed by atoms with Gasteiger partial charge in [0, 0.05) is 35.4 Å².